The maximum atomic E-state index is 11.7. The van der Waals surface area contributed by atoms with Crippen molar-refractivity contribution in [2.75, 3.05) is 13.1 Å². The van der Waals surface area contributed by atoms with Crippen LogP contribution in [0.2, 0.25) is 0 Å². The highest BCUT2D eigenvalue weighted by Gasteiger charge is 2.04. The molecule has 0 aliphatic carbocycles. The molecule has 148 valence electrons. The molecule has 0 radical (unpaired) electrons. The van der Waals surface area contributed by atoms with Crippen molar-refractivity contribution in [3.05, 3.63) is 12.2 Å². The Morgan fingerprint density at radius 1 is 0.720 bits per heavy atom. The van der Waals surface area contributed by atoms with E-state index in [2.05, 4.69) is 38.3 Å². The Labute approximate surface area is 157 Å². The largest absolute Gasteiger partial charge is 0.289 e. The van der Waals surface area contributed by atoms with E-state index in [-0.39, 0.29) is 5.91 Å². The highest BCUT2D eigenvalue weighted by molar-refractivity contribution is 5.75. The maximum Gasteiger partial charge on any atom is 0.234 e. The zero-order chi connectivity index (χ0) is 18.6. The molecule has 0 aliphatic heterocycles. The Balaban J connectivity index is 3.28. The van der Waals surface area contributed by atoms with Gasteiger partial charge in [0.2, 0.25) is 5.91 Å². The second-order valence-electron chi connectivity index (χ2n) is 7.04. The lowest BCUT2D eigenvalue weighted by atomic mass is 10.1. The number of amides is 1. The van der Waals surface area contributed by atoms with Gasteiger partial charge in [0.15, 0.2) is 0 Å². The fourth-order valence-electron chi connectivity index (χ4n) is 2.97. The van der Waals surface area contributed by atoms with Crippen LogP contribution in [0.3, 0.4) is 0 Å². The molecular weight excluding hydrogens is 308 g/mol. The predicted octanol–water partition coefficient (Wildman–Crippen LogP) is 6.40. The number of carbonyl (C=O) groups is 1. The van der Waals surface area contributed by atoms with Gasteiger partial charge in [0.25, 0.3) is 0 Å². The van der Waals surface area contributed by atoms with Crippen molar-refractivity contribution >= 4 is 5.91 Å². The van der Waals surface area contributed by atoms with E-state index >= 15 is 0 Å². The number of hydrazine groups is 1. The first-order valence-electron chi connectivity index (χ1n) is 10.9. The number of nitrogens with zero attached hydrogens (tertiary/aromatic N) is 1. The summed E-state index contributed by atoms with van der Waals surface area (Å²) >= 11 is 0. The minimum absolute atomic E-state index is 0.168. The van der Waals surface area contributed by atoms with Crippen molar-refractivity contribution in [2.45, 2.75) is 111 Å². The monoisotopic (exact) mass is 352 g/mol. The maximum absolute atomic E-state index is 11.7. The van der Waals surface area contributed by atoms with E-state index in [0.717, 1.165) is 19.5 Å². The average Bonchev–Trinajstić information content (AvgIpc) is 2.62. The molecule has 0 aliphatic rings. The van der Waals surface area contributed by atoms with Gasteiger partial charge in [-0.15, -0.1) is 0 Å². The Kier molecular flexibility index (Phi) is 18.8. The Morgan fingerprint density at radius 2 is 1.20 bits per heavy atom. The van der Waals surface area contributed by atoms with Crippen LogP contribution in [0.1, 0.15) is 111 Å². The van der Waals surface area contributed by atoms with Crippen molar-refractivity contribution in [3.63, 3.8) is 0 Å². The van der Waals surface area contributed by atoms with Gasteiger partial charge in [-0.05, 0) is 32.1 Å². The minimum Gasteiger partial charge on any atom is -0.289 e. The SMILES string of the molecule is CCCCCCCC/C=C\CCCCCCCC(=O)NN(CC)CC. The van der Waals surface area contributed by atoms with Gasteiger partial charge < -0.3 is 0 Å². The minimum atomic E-state index is 0.168. The Morgan fingerprint density at radius 3 is 1.72 bits per heavy atom. The normalized spacial score (nSPS) is 11.5. The van der Waals surface area contributed by atoms with Gasteiger partial charge in [-0.3, -0.25) is 10.2 Å². The van der Waals surface area contributed by atoms with Gasteiger partial charge in [-0.25, -0.2) is 5.01 Å². The first-order chi connectivity index (χ1) is 12.2. The van der Waals surface area contributed by atoms with Crippen LogP contribution < -0.4 is 5.43 Å². The third-order valence-electron chi connectivity index (χ3n) is 4.71. The third-order valence-corrected chi connectivity index (χ3v) is 4.71. The summed E-state index contributed by atoms with van der Waals surface area (Å²) in [4.78, 5) is 11.7. The average molecular weight is 353 g/mol. The molecule has 3 nitrogen and oxygen atoms in total. The molecule has 3 heteroatoms. The van der Waals surface area contributed by atoms with Crippen LogP contribution in [0, 0.1) is 0 Å². The van der Waals surface area contributed by atoms with Gasteiger partial charge in [0.05, 0.1) is 0 Å². The van der Waals surface area contributed by atoms with Crippen LogP contribution in [-0.4, -0.2) is 24.0 Å². The second kappa shape index (κ2) is 19.5. The molecule has 0 saturated carbocycles. The first-order valence-corrected chi connectivity index (χ1v) is 10.9. The molecule has 1 amide bonds. The summed E-state index contributed by atoms with van der Waals surface area (Å²) in [6, 6.07) is 0. The topological polar surface area (TPSA) is 32.3 Å². The predicted molar refractivity (Wildman–Crippen MR) is 111 cm³/mol. The molecule has 0 heterocycles. The first kappa shape index (κ1) is 24.2. The zero-order valence-electron chi connectivity index (χ0n) is 17.3. The summed E-state index contributed by atoms with van der Waals surface area (Å²) in [5.74, 6) is 0.168. The molecule has 0 aromatic rings. The van der Waals surface area contributed by atoms with Gasteiger partial charge >= 0.3 is 0 Å². The quantitative estimate of drug-likeness (QED) is 0.176. The van der Waals surface area contributed by atoms with Crippen LogP contribution in [-0.2, 0) is 4.79 Å². The van der Waals surface area contributed by atoms with E-state index in [0.29, 0.717) is 6.42 Å². The van der Waals surface area contributed by atoms with Crippen LogP contribution >= 0.6 is 0 Å². The van der Waals surface area contributed by atoms with Crippen molar-refractivity contribution in [2.24, 2.45) is 0 Å². The van der Waals surface area contributed by atoms with E-state index in [1.165, 1.54) is 77.0 Å². The zero-order valence-corrected chi connectivity index (χ0v) is 17.3. The third kappa shape index (κ3) is 17.8. The van der Waals surface area contributed by atoms with Crippen molar-refractivity contribution in [1.29, 1.82) is 0 Å². The molecule has 0 saturated heterocycles. The lowest BCUT2D eigenvalue weighted by Crippen LogP contribution is -2.41. The molecule has 0 bridgehead atoms. The van der Waals surface area contributed by atoms with E-state index in [9.17, 15) is 4.79 Å². The van der Waals surface area contributed by atoms with Gasteiger partial charge in [0, 0.05) is 19.5 Å². The van der Waals surface area contributed by atoms with E-state index in [4.69, 9.17) is 0 Å². The van der Waals surface area contributed by atoms with Crippen LogP contribution in [0.15, 0.2) is 12.2 Å². The molecule has 0 unspecified atom stereocenters. The summed E-state index contributed by atoms with van der Waals surface area (Å²) in [7, 11) is 0. The van der Waals surface area contributed by atoms with E-state index in [1.807, 2.05) is 5.01 Å². The molecular formula is C22H44N2O. The van der Waals surface area contributed by atoms with E-state index < -0.39 is 0 Å². The molecule has 0 fully saturated rings. The highest BCUT2D eigenvalue weighted by atomic mass is 16.2. The molecule has 0 spiro atoms. The standard InChI is InChI=1S/C22H44N2O/c1-4-7-8-9-10-11-12-13-14-15-16-17-18-19-20-21-22(25)23-24(5-2)6-3/h13-14H,4-12,15-21H2,1-3H3,(H,23,25)/b14-13-. The molecule has 0 rings (SSSR count). The number of hydrogen-bond acceptors (Lipinski definition) is 2. The summed E-state index contributed by atoms with van der Waals surface area (Å²) in [6.45, 7) is 8.13. The number of rotatable bonds is 18. The summed E-state index contributed by atoms with van der Waals surface area (Å²) < 4.78 is 0. The van der Waals surface area contributed by atoms with Crippen molar-refractivity contribution < 1.29 is 4.79 Å². The van der Waals surface area contributed by atoms with Crippen LogP contribution in [0.5, 0.6) is 0 Å². The number of hydrogen-bond donors (Lipinski definition) is 1. The van der Waals surface area contributed by atoms with E-state index in [1.54, 1.807) is 0 Å². The fraction of sp³-hybridized carbons (Fsp3) is 0.864. The Hall–Kier alpha value is -0.830. The van der Waals surface area contributed by atoms with Crippen molar-refractivity contribution in [3.8, 4) is 0 Å². The number of nitrogens with one attached hydrogen (secondary N) is 1. The molecule has 0 aromatic heterocycles. The summed E-state index contributed by atoms with van der Waals surface area (Å²) in [5, 5.41) is 1.96. The summed E-state index contributed by atoms with van der Waals surface area (Å²) in [5.41, 5.74) is 2.95. The number of carbonyl (C=O) groups excluding carboxylic acids is 1. The van der Waals surface area contributed by atoms with Gasteiger partial charge in [-0.2, -0.15) is 0 Å². The second-order valence-corrected chi connectivity index (χ2v) is 7.04. The molecule has 25 heavy (non-hydrogen) atoms. The van der Waals surface area contributed by atoms with Gasteiger partial charge in [-0.1, -0.05) is 84.3 Å². The van der Waals surface area contributed by atoms with Gasteiger partial charge in [0.1, 0.15) is 0 Å². The van der Waals surface area contributed by atoms with Crippen molar-refractivity contribution in [1.82, 2.24) is 10.4 Å². The molecule has 0 atom stereocenters. The Bertz CT molecular complexity index is 311. The van der Waals surface area contributed by atoms with Crippen LogP contribution in [0.25, 0.3) is 0 Å². The smallest absolute Gasteiger partial charge is 0.234 e. The number of allylic oxidation sites excluding steroid dienone is 2. The lowest BCUT2D eigenvalue weighted by molar-refractivity contribution is -0.125. The highest BCUT2D eigenvalue weighted by Crippen LogP contribution is 2.10. The molecule has 0 aromatic carbocycles. The number of unbranched alkanes of at least 4 members (excludes halogenated alkanes) is 11. The summed E-state index contributed by atoms with van der Waals surface area (Å²) in [6.07, 6.45) is 22.2. The molecule has 1 N–H and O–H groups in total. The fourth-order valence-corrected chi connectivity index (χ4v) is 2.97. The van der Waals surface area contributed by atoms with Crippen LogP contribution in [0.4, 0.5) is 0 Å². The lowest BCUT2D eigenvalue weighted by Gasteiger charge is -2.19.